The molecule has 0 radical (unpaired) electrons. The number of hydrogen-bond donors (Lipinski definition) is 2. The number of β-amino-alcohol motifs (C(OH)–C–C–N with tert-alkyl or cyclic N) is 1. The van der Waals surface area contributed by atoms with E-state index in [-0.39, 0.29) is 19.0 Å². The van der Waals surface area contributed by atoms with Crippen LogP contribution in [0.1, 0.15) is 32.1 Å². The van der Waals surface area contributed by atoms with Crippen molar-refractivity contribution in [3.63, 3.8) is 0 Å². The van der Waals surface area contributed by atoms with Crippen LogP contribution in [0.15, 0.2) is 0 Å². The smallest absolute Gasteiger partial charge is 0.326 e. The third-order valence-electron chi connectivity index (χ3n) is 5.53. The molecular weight excluding hydrogens is 272 g/mol. The first-order chi connectivity index (χ1) is 9.95. The van der Waals surface area contributed by atoms with Crippen LogP contribution in [0.2, 0.25) is 0 Å². The van der Waals surface area contributed by atoms with E-state index in [0.717, 1.165) is 11.8 Å². The fourth-order valence-corrected chi connectivity index (χ4v) is 4.51. The van der Waals surface area contributed by atoms with Crippen LogP contribution in [0, 0.1) is 17.8 Å². The highest BCUT2D eigenvalue weighted by atomic mass is 16.4. The van der Waals surface area contributed by atoms with Crippen LogP contribution < -0.4 is 0 Å². The number of urea groups is 1. The second-order valence-electron chi connectivity index (χ2n) is 6.99. The average molecular weight is 296 g/mol. The van der Waals surface area contributed by atoms with Crippen LogP contribution in [0.5, 0.6) is 0 Å². The molecule has 0 spiro atoms. The fraction of sp³-hybridized carbons (Fsp3) is 0.867. The van der Waals surface area contributed by atoms with E-state index in [1.807, 2.05) is 0 Å². The topological polar surface area (TPSA) is 81.1 Å². The minimum absolute atomic E-state index is 0.122. The van der Waals surface area contributed by atoms with Crippen molar-refractivity contribution in [1.82, 2.24) is 9.80 Å². The number of carboxylic acids is 1. The Morgan fingerprint density at radius 2 is 2.00 bits per heavy atom. The van der Waals surface area contributed by atoms with Crippen LogP contribution in [-0.4, -0.2) is 64.3 Å². The summed E-state index contributed by atoms with van der Waals surface area (Å²) in [6.07, 6.45) is 4.50. The predicted octanol–water partition coefficient (Wildman–Crippen LogP) is 0.994. The molecule has 1 aliphatic heterocycles. The predicted molar refractivity (Wildman–Crippen MR) is 75.7 cm³/mol. The van der Waals surface area contributed by atoms with Gasteiger partial charge in [-0.2, -0.15) is 0 Å². The summed E-state index contributed by atoms with van der Waals surface area (Å²) in [5.41, 5.74) is 0. The molecule has 0 aromatic heterocycles. The zero-order valence-electron chi connectivity index (χ0n) is 12.4. The van der Waals surface area contributed by atoms with E-state index in [1.165, 1.54) is 30.6 Å². The van der Waals surface area contributed by atoms with E-state index >= 15 is 0 Å². The summed E-state index contributed by atoms with van der Waals surface area (Å²) in [5.74, 6) is 1.11. The molecule has 118 valence electrons. The molecule has 2 saturated carbocycles. The van der Waals surface area contributed by atoms with E-state index in [0.29, 0.717) is 12.5 Å². The summed E-state index contributed by atoms with van der Waals surface area (Å²) in [6.45, 7) is 0.829. The number of hydrogen-bond acceptors (Lipinski definition) is 3. The number of rotatable bonds is 3. The lowest BCUT2D eigenvalue weighted by molar-refractivity contribution is -0.141. The van der Waals surface area contributed by atoms with Gasteiger partial charge in [-0.05, 0) is 37.0 Å². The molecule has 21 heavy (non-hydrogen) atoms. The number of nitrogens with zero attached hydrogens (tertiary/aromatic N) is 2. The van der Waals surface area contributed by atoms with Gasteiger partial charge in [0.1, 0.15) is 6.04 Å². The lowest BCUT2D eigenvalue weighted by Crippen LogP contribution is -2.48. The third kappa shape index (κ3) is 2.73. The van der Waals surface area contributed by atoms with Gasteiger partial charge in [0.05, 0.1) is 6.10 Å². The van der Waals surface area contributed by atoms with E-state index in [2.05, 4.69) is 0 Å². The van der Waals surface area contributed by atoms with Gasteiger partial charge in [-0.25, -0.2) is 9.59 Å². The van der Waals surface area contributed by atoms with Crippen molar-refractivity contribution in [1.29, 1.82) is 0 Å². The number of aliphatic carboxylic acids is 1. The molecule has 3 fully saturated rings. The Balaban J connectivity index is 1.60. The number of likely N-dealkylation sites (tertiary alicyclic amines) is 1. The summed E-state index contributed by atoms with van der Waals surface area (Å²) in [6, 6.07) is -1.16. The molecule has 3 unspecified atom stereocenters. The van der Waals surface area contributed by atoms with Crippen molar-refractivity contribution in [3.8, 4) is 0 Å². The summed E-state index contributed by atoms with van der Waals surface area (Å²) in [4.78, 5) is 26.6. The Labute approximate surface area is 124 Å². The van der Waals surface area contributed by atoms with Gasteiger partial charge >= 0.3 is 12.0 Å². The summed E-state index contributed by atoms with van der Waals surface area (Å²) < 4.78 is 0. The molecule has 5 atom stereocenters. The first-order valence-corrected chi connectivity index (χ1v) is 7.88. The van der Waals surface area contributed by atoms with Gasteiger partial charge in [0.25, 0.3) is 0 Å². The molecule has 2 N–H and O–H groups in total. The van der Waals surface area contributed by atoms with Crippen molar-refractivity contribution in [2.75, 3.05) is 20.1 Å². The number of fused-ring (bicyclic) bond motifs is 2. The maximum absolute atomic E-state index is 12.5. The Hall–Kier alpha value is -1.30. The van der Waals surface area contributed by atoms with Crippen molar-refractivity contribution < 1.29 is 19.8 Å². The average Bonchev–Trinajstić information content (AvgIpc) is 3.12. The Kier molecular flexibility index (Phi) is 3.82. The van der Waals surface area contributed by atoms with E-state index in [4.69, 9.17) is 0 Å². The lowest BCUT2D eigenvalue weighted by Gasteiger charge is -2.31. The van der Waals surface area contributed by atoms with Crippen LogP contribution in [0.25, 0.3) is 0 Å². The first kappa shape index (κ1) is 14.6. The van der Waals surface area contributed by atoms with Crippen LogP contribution in [0.3, 0.4) is 0 Å². The molecule has 2 aliphatic carbocycles. The molecule has 2 bridgehead atoms. The maximum Gasteiger partial charge on any atom is 0.326 e. The summed E-state index contributed by atoms with van der Waals surface area (Å²) in [7, 11) is 1.75. The molecule has 0 aromatic carbocycles. The minimum Gasteiger partial charge on any atom is -0.480 e. The van der Waals surface area contributed by atoms with Gasteiger partial charge in [-0.1, -0.05) is 6.42 Å². The van der Waals surface area contributed by atoms with Gasteiger partial charge in [-0.3, -0.25) is 0 Å². The van der Waals surface area contributed by atoms with Gasteiger partial charge < -0.3 is 20.0 Å². The number of carbonyl (C=O) groups excluding carboxylic acids is 1. The molecule has 3 aliphatic rings. The quantitative estimate of drug-likeness (QED) is 0.814. The van der Waals surface area contributed by atoms with Crippen molar-refractivity contribution in [3.05, 3.63) is 0 Å². The van der Waals surface area contributed by atoms with Crippen molar-refractivity contribution in [2.24, 2.45) is 17.8 Å². The number of amides is 2. The van der Waals surface area contributed by atoms with Crippen LogP contribution >= 0.6 is 0 Å². The van der Waals surface area contributed by atoms with Crippen molar-refractivity contribution >= 4 is 12.0 Å². The number of carboxylic acid groups (broad SMARTS) is 1. The summed E-state index contributed by atoms with van der Waals surface area (Å²) in [5, 5.41) is 18.8. The molecule has 1 heterocycles. The molecule has 3 rings (SSSR count). The van der Waals surface area contributed by atoms with Crippen molar-refractivity contribution in [2.45, 2.75) is 44.2 Å². The van der Waals surface area contributed by atoms with E-state index in [1.54, 1.807) is 11.9 Å². The number of aliphatic hydroxyl groups is 1. The highest BCUT2D eigenvalue weighted by Gasteiger charge is 2.43. The maximum atomic E-state index is 12.5. The second-order valence-corrected chi connectivity index (χ2v) is 6.99. The van der Waals surface area contributed by atoms with E-state index < -0.39 is 18.1 Å². The highest BCUT2D eigenvalue weighted by molar-refractivity contribution is 5.83. The molecule has 2 amide bonds. The zero-order chi connectivity index (χ0) is 15.1. The minimum atomic E-state index is -1.03. The van der Waals surface area contributed by atoms with Gasteiger partial charge in [0, 0.05) is 26.6 Å². The van der Waals surface area contributed by atoms with Gasteiger partial charge in [0.15, 0.2) is 0 Å². The normalized spacial score (nSPS) is 38.0. The zero-order valence-corrected chi connectivity index (χ0v) is 12.4. The SMILES string of the molecule is CN(CC1CC2CCC1C2)C(=O)N1C[C@H](O)C[C@H]1C(=O)O. The Morgan fingerprint density at radius 1 is 1.24 bits per heavy atom. The first-order valence-electron chi connectivity index (χ1n) is 7.88. The molecule has 0 aromatic rings. The van der Waals surface area contributed by atoms with Crippen LogP contribution in [-0.2, 0) is 4.79 Å². The third-order valence-corrected chi connectivity index (χ3v) is 5.53. The molecule has 1 saturated heterocycles. The van der Waals surface area contributed by atoms with E-state index in [9.17, 15) is 19.8 Å². The fourth-order valence-electron chi connectivity index (χ4n) is 4.51. The highest BCUT2D eigenvalue weighted by Crippen LogP contribution is 2.48. The molecule has 6 nitrogen and oxygen atoms in total. The lowest BCUT2D eigenvalue weighted by atomic mass is 9.88. The summed E-state index contributed by atoms with van der Waals surface area (Å²) >= 11 is 0. The standard InChI is InChI=1S/C15H24N2O4/c1-16(7-11-5-9-2-3-10(11)4-9)15(21)17-8-12(18)6-13(17)14(19)20/h9-13,18H,2-8H2,1H3,(H,19,20)/t9?,10?,11?,12-,13+/m1/s1. The molecular formula is C15H24N2O4. The largest absolute Gasteiger partial charge is 0.480 e. The molecule has 6 heteroatoms. The van der Waals surface area contributed by atoms with Gasteiger partial charge in [-0.15, -0.1) is 0 Å². The Morgan fingerprint density at radius 3 is 2.57 bits per heavy atom. The van der Waals surface area contributed by atoms with Gasteiger partial charge in [0.2, 0.25) is 0 Å². The Bertz CT molecular complexity index is 441. The second kappa shape index (κ2) is 5.48. The number of carbonyl (C=O) groups is 2. The monoisotopic (exact) mass is 296 g/mol. The number of aliphatic hydroxyl groups excluding tert-OH is 1. The van der Waals surface area contributed by atoms with Crippen LogP contribution in [0.4, 0.5) is 4.79 Å².